The van der Waals surface area contributed by atoms with Crippen LogP contribution in [0, 0.1) is 0 Å². The maximum Gasteiger partial charge on any atom is 0.492 e. The Morgan fingerprint density at radius 3 is 2.79 bits per heavy atom. The molecule has 0 spiro atoms. The van der Waals surface area contributed by atoms with Gasteiger partial charge < -0.3 is 14.4 Å². The van der Waals surface area contributed by atoms with Crippen LogP contribution in [0.25, 0.3) is 0 Å². The number of nitrogens with zero attached hydrogens (tertiary/aromatic N) is 1. The van der Waals surface area contributed by atoms with Gasteiger partial charge in [-0.25, -0.2) is 4.79 Å². The Morgan fingerprint density at radius 1 is 1.50 bits per heavy atom. The molecule has 0 unspecified atom stereocenters. The summed E-state index contributed by atoms with van der Waals surface area (Å²) in [4.78, 5) is 14.9. The molecule has 5 nitrogen and oxygen atoms in total. The van der Waals surface area contributed by atoms with Crippen molar-refractivity contribution < 1.29 is 19.2 Å². The molecule has 0 aliphatic carbocycles. The second-order valence-corrected chi connectivity index (χ2v) is 2.59. The first-order valence-corrected chi connectivity index (χ1v) is 3.93. The fraction of sp³-hybridized carbons (Fsp3) is 0.250. The lowest BCUT2D eigenvalue weighted by Crippen LogP contribution is -2.33. The molecular formula is C8H10BNO4. The fourth-order valence-electron chi connectivity index (χ4n) is 0.958. The third-order valence-electron chi connectivity index (χ3n) is 1.69. The van der Waals surface area contributed by atoms with E-state index in [0.29, 0.717) is 5.46 Å². The zero-order valence-corrected chi connectivity index (χ0v) is 7.93. The molecule has 0 saturated heterocycles. The molecule has 74 valence electrons. The maximum atomic E-state index is 11.1. The van der Waals surface area contributed by atoms with Crippen molar-refractivity contribution in [2.75, 3.05) is 14.2 Å². The normalized spacial score (nSPS) is 9.64. The third-order valence-corrected chi connectivity index (χ3v) is 1.69. The van der Waals surface area contributed by atoms with Crippen LogP contribution in [-0.2, 0) is 9.39 Å². The molecule has 1 rings (SSSR count). The van der Waals surface area contributed by atoms with E-state index >= 15 is 0 Å². The summed E-state index contributed by atoms with van der Waals surface area (Å²) < 4.78 is 9.17. The number of rotatable bonds is 3. The summed E-state index contributed by atoms with van der Waals surface area (Å²) in [5.74, 6) is -0.498. The van der Waals surface area contributed by atoms with E-state index < -0.39 is 13.1 Å². The van der Waals surface area contributed by atoms with Gasteiger partial charge in [0.25, 0.3) is 0 Å². The van der Waals surface area contributed by atoms with Gasteiger partial charge >= 0.3 is 13.1 Å². The highest BCUT2D eigenvalue weighted by molar-refractivity contribution is 6.59. The zero-order chi connectivity index (χ0) is 10.6. The molecule has 1 N–H and O–H groups in total. The van der Waals surface area contributed by atoms with Crippen molar-refractivity contribution >= 4 is 18.6 Å². The second-order valence-electron chi connectivity index (χ2n) is 2.59. The molecule has 0 radical (unpaired) electrons. The quantitative estimate of drug-likeness (QED) is 0.505. The summed E-state index contributed by atoms with van der Waals surface area (Å²) in [7, 11) is 1.56. The van der Waals surface area contributed by atoms with Crippen LogP contribution in [0.15, 0.2) is 18.5 Å². The van der Waals surface area contributed by atoms with Crippen LogP contribution in [-0.4, -0.2) is 37.3 Å². The van der Waals surface area contributed by atoms with Gasteiger partial charge in [-0.1, -0.05) is 0 Å². The molecule has 0 fully saturated rings. The van der Waals surface area contributed by atoms with Gasteiger partial charge in [-0.15, -0.1) is 0 Å². The SMILES string of the molecule is COB(O)c1cncc(C(=O)OC)c1. The van der Waals surface area contributed by atoms with E-state index in [-0.39, 0.29) is 5.56 Å². The molecular weight excluding hydrogens is 185 g/mol. The summed E-state index contributed by atoms with van der Waals surface area (Å²) in [5, 5.41) is 9.29. The molecule has 0 aliphatic rings. The number of carbonyl (C=O) groups excluding carboxylic acids is 1. The standard InChI is InChI=1S/C8H10BNO4/c1-13-8(11)6-3-7(5-10-4-6)9(12)14-2/h3-5,12H,1-2H3. The van der Waals surface area contributed by atoms with Crippen LogP contribution in [0.3, 0.4) is 0 Å². The number of ether oxygens (including phenoxy) is 1. The van der Waals surface area contributed by atoms with Crippen LogP contribution in [0.4, 0.5) is 0 Å². The molecule has 0 atom stereocenters. The van der Waals surface area contributed by atoms with Gasteiger partial charge in [0.2, 0.25) is 0 Å². The third kappa shape index (κ3) is 2.30. The number of esters is 1. The van der Waals surface area contributed by atoms with Crippen molar-refractivity contribution in [3.05, 3.63) is 24.0 Å². The molecule has 0 aromatic carbocycles. The average molecular weight is 195 g/mol. The molecule has 0 amide bonds. The van der Waals surface area contributed by atoms with Gasteiger partial charge in [-0.3, -0.25) is 4.98 Å². The topological polar surface area (TPSA) is 68.7 Å². The van der Waals surface area contributed by atoms with E-state index in [0.717, 1.165) is 0 Å². The first kappa shape index (κ1) is 10.7. The first-order chi connectivity index (χ1) is 6.69. The zero-order valence-electron chi connectivity index (χ0n) is 7.93. The van der Waals surface area contributed by atoms with Crippen LogP contribution >= 0.6 is 0 Å². The Bertz CT molecular complexity index is 331. The van der Waals surface area contributed by atoms with Crippen molar-refractivity contribution in [1.82, 2.24) is 4.98 Å². The Kier molecular flexibility index (Phi) is 3.61. The van der Waals surface area contributed by atoms with Crippen molar-refractivity contribution in [3.63, 3.8) is 0 Å². The monoisotopic (exact) mass is 195 g/mol. The highest BCUT2D eigenvalue weighted by Gasteiger charge is 2.17. The Labute approximate surface area is 81.8 Å². The van der Waals surface area contributed by atoms with Gasteiger partial charge in [0.15, 0.2) is 0 Å². The molecule has 0 aliphatic heterocycles. The summed E-state index contributed by atoms with van der Waals surface area (Å²) in [6, 6.07) is 1.47. The van der Waals surface area contributed by atoms with Crippen molar-refractivity contribution in [2.45, 2.75) is 0 Å². The van der Waals surface area contributed by atoms with E-state index in [1.807, 2.05) is 0 Å². The molecule has 1 aromatic rings. The van der Waals surface area contributed by atoms with Crippen molar-refractivity contribution in [3.8, 4) is 0 Å². The minimum absolute atomic E-state index is 0.279. The maximum absolute atomic E-state index is 11.1. The van der Waals surface area contributed by atoms with Crippen LogP contribution in [0.2, 0.25) is 0 Å². The van der Waals surface area contributed by atoms with E-state index in [9.17, 15) is 9.82 Å². The van der Waals surface area contributed by atoms with Crippen LogP contribution in [0.5, 0.6) is 0 Å². The first-order valence-electron chi connectivity index (χ1n) is 3.93. The largest absolute Gasteiger partial charge is 0.492 e. The molecule has 1 aromatic heterocycles. The molecule has 1 heterocycles. The van der Waals surface area contributed by atoms with Gasteiger partial charge in [0.05, 0.1) is 12.7 Å². The Balaban J connectivity index is 2.95. The smallest absolute Gasteiger partial charge is 0.465 e. The molecule has 0 saturated carbocycles. The predicted molar refractivity (Wildman–Crippen MR) is 50.2 cm³/mol. The molecule has 6 heteroatoms. The van der Waals surface area contributed by atoms with Gasteiger partial charge in [-0.05, 0) is 6.07 Å². The average Bonchev–Trinajstić information content (AvgIpc) is 2.27. The number of hydrogen-bond donors (Lipinski definition) is 1. The summed E-state index contributed by atoms with van der Waals surface area (Å²) in [5.41, 5.74) is 0.691. The van der Waals surface area contributed by atoms with E-state index in [1.165, 1.54) is 32.7 Å². The highest BCUT2D eigenvalue weighted by atomic mass is 16.5. The lowest BCUT2D eigenvalue weighted by Gasteiger charge is -2.04. The van der Waals surface area contributed by atoms with Gasteiger partial charge in [0.1, 0.15) is 0 Å². The van der Waals surface area contributed by atoms with Gasteiger partial charge in [-0.2, -0.15) is 0 Å². The Morgan fingerprint density at radius 2 is 2.21 bits per heavy atom. The minimum atomic E-state index is -1.08. The predicted octanol–water partition coefficient (Wildman–Crippen LogP) is -0.798. The Hall–Kier alpha value is -1.40. The summed E-state index contributed by atoms with van der Waals surface area (Å²) in [6.45, 7) is 0. The number of carbonyl (C=O) groups is 1. The molecule has 0 bridgehead atoms. The fourth-order valence-corrected chi connectivity index (χ4v) is 0.958. The van der Waals surface area contributed by atoms with E-state index in [2.05, 4.69) is 14.4 Å². The van der Waals surface area contributed by atoms with E-state index in [4.69, 9.17) is 0 Å². The lowest BCUT2D eigenvalue weighted by atomic mass is 9.80. The van der Waals surface area contributed by atoms with E-state index in [1.54, 1.807) is 0 Å². The number of aromatic nitrogens is 1. The van der Waals surface area contributed by atoms with Crippen LogP contribution in [0.1, 0.15) is 10.4 Å². The number of hydrogen-bond acceptors (Lipinski definition) is 5. The highest BCUT2D eigenvalue weighted by Crippen LogP contribution is 1.97. The van der Waals surface area contributed by atoms with Gasteiger partial charge in [0, 0.05) is 25.0 Å². The summed E-state index contributed by atoms with van der Waals surface area (Å²) >= 11 is 0. The number of pyridine rings is 1. The second kappa shape index (κ2) is 4.73. The summed E-state index contributed by atoms with van der Waals surface area (Å²) in [6.07, 6.45) is 2.78. The lowest BCUT2D eigenvalue weighted by molar-refractivity contribution is 0.0600. The number of methoxy groups -OCH3 is 1. The van der Waals surface area contributed by atoms with Crippen molar-refractivity contribution in [1.29, 1.82) is 0 Å². The molecule has 14 heavy (non-hydrogen) atoms. The van der Waals surface area contributed by atoms with Crippen molar-refractivity contribution in [2.24, 2.45) is 0 Å². The van der Waals surface area contributed by atoms with Crippen LogP contribution < -0.4 is 5.46 Å². The minimum Gasteiger partial charge on any atom is -0.465 e.